The van der Waals surface area contributed by atoms with Gasteiger partial charge >= 0.3 is 0 Å². The van der Waals surface area contributed by atoms with Gasteiger partial charge in [0, 0.05) is 109 Å². The summed E-state index contributed by atoms with van der Waals surface area (Å²) in [5.41, 5.74) is 24.0. The van der Waals surface area contributed by atoms with E-state index in [0.29, 0.717) is 0 Å². The van der Waals surface area contributed by atoms with Crippen molar-refractivity contribution < 1.29 is 0 Å². The largest absolute Gasteiger partial charge is 0.309 e. The Kier molecular flexibility index (Phi) is 10.0. The van der Waals surface area contributed by atoms with Crippen molar-refractivity contribution in [2.24, 2.45) is 0 Å². The van der Waals surface area contributed by atoms with Crippen LogP contribution in [0.4, 0.5) is 0 Å². The molecular weight excluding hydrogens is 1220 g/mol. The van der Waals surface area contributed by atoms with E-state index < -0.39 is 0 Å². The van der Waals surface area contributed by atoms with Crippen LogP contribution in [0.25, 0.3) is 220 Å². The average molecular weight is 1270 g/mol. The molecule has 10 heteroatoms. The zero-order chi connectivity index (χ0) is 64.7. The minimum Gasteiger partial charge on any atom is -0.309 e. The minimum atomic E-state index is 0.804. The van der Waals surface area contributed by atoms with Crippen LogP contribution >= 0.6 is 0 Å². The highest BCUT2D eigenvalue weighted by Gasteiger charge is 2.33. The summed E-state index contributed by atoms with van der Waals surface area (Å²) in [6.07, 6.45) is 4.17. The SMILES string of the molecule is c1ccc(-c2nc3c(nc2-c2ccccc2)c2c4cc(-n5c6ccccc6c6ccccc65)cc5c6cc(-n7c8ccccc8c8ccccc87)cnc6n(c54)c2c2c3c3cc(-n4c5ccccc5c5ccccc54)cc4c5cc(-n6c7ccccc7c7ccccc76)cnc5n2c43)cc1. The molecule has 0 saturated carbocycles. The minimum absolute atomic E-state index is 0.804. The first-order valence-corrected chi connectivity index (χ1v) is 34.1. The first-order valence-electron chi connectivity index (χ1n) is 34.1. The van der Waals surface area contributed by atoms with Gasteiger partial charge in [-0.05, 0) is 84.9 Å². The number of aromatic nitrogens is 10. The van der Waals surface area contributed by atoms with Gasteiger partial charge in [-0.3, -0.25) is 8.80 Å². The third kappa shape index (κ3) is 6.66. The van der Waals surface area contributed by atoms with E-state index in [1.54, 1.807) is 0 Å². The van der Waals surface area contributed by atoms with Crippen molar-refractivity contribution in [2.75, 3.05) is 0 Å². The van der Waals surface area contributed by atoms with Gasteiger partial charge in [-0.1, -0.05) is 206 Å². The van der Waals surface area contributed by atoms with Crippen LogP contribution in [-0.2, 0) is 0 Å². The lowest BCUT2D eigenvalue weighted by molar-refractivity contribution is 1.14. The third-order valence-corrected chi connectivity index (χ3v) is 21.8. The Morgan fingerprint density at radius 3 is 0.760 bits per heavy atom. The van der Waals surface area contributed by atoms with Gasteiger partial charge in [0.1, 0.15) is 22.3 Å². The van der Waals surface area contributed by atoms with E-state index in [2.05, 4.69) is 331 Å². The number of fused-ring (bicyclic) bond motifs is 28. The summed E-state index contributed by atoms with van der Waals surface area (Å²) in [6, 6.07) is 106. The zero-order valence-electron chi connectivity index (χ0n) is 53.3. The van der Waals surface area contributed by atoms with Crippen LogP contribution in [-0.4, -0.2) is 47.0 Å². The lowest BCUT2D eigenvalue weighted by Gasteiger charge is -2.14. The van der Waals surface area contributed by atoms with E-state index in [0.717, 1.165) is 177 Å². The number of benzene rings is 13. The van der Waals surface area contributed by atoms with Crippen LogP contribution in [0.5, 0.6) is 0 Å². The van der Waals surface area contributed by atoms with Crippen molar-refractivity contribution in [1.82, 2.24) is 47.0 Å². The van der Waals surface area contributed by atoms with Crippen molar-refractivity contribution in [2.45, 2.75) is 0 Å². The number of pyridine rings is 2. The van der Waals surface area contributed by atoms with E-state index in [-0.39, 0.29) is 0 Å². The summed E-state index contributed by atoms with van der Waals surface area (Å²) in [7, 11) is 0. The molecule has 24 aromatic rings. The molecule has 0 spiro atoms. The molecular formula is C90H50N10. The molecule has 0 atom stereocenters. The van der Waals surface area contributed by atoms with Gasteiger partial charge in [-0.2, -0.15) is 0 Å². The van der Waals surface area contributed by atoms with E-state index >= 15 is 0 Å². The Hall–Kier alpha value is -13.7. The van der Waals surface area contributed by atoms with Crippen molar-refractivity contribution in [3.8, 4) is 45.3 Å². The molecule has 0 radical (unpaired) electrons. The van der Waals surface area contributed by atoms with Crippen LogP contribution in [0.3, 0.4) is 0 Å². The summed E-state index contributed by atoms with van der Waals surface area (Å²) >= 11 is 0. The van der Waals surface area contributed by atoms with E-state index in [1.165, 1.54) is 43.1 Å². The first kappa shape index (κ1) is 52.6. The van der Waals surface area contributed by atoms with Gasteiger partial charge in [0.05, 0.1) is 101 Å². The smallest absolute Gasteiger partial charge is 0.145 e. The van der Waals surface area contributed by atoms with Crippen LogP contribution in [0.15, 0.2) is 304 Å². The molecule has 0 N–H and O–H groups in total. The first-order chi connectivity index (χ1) is 49.7. The molecule has 0 aliphatic heterocycles. The van der Waals surface area contributed by atoms with Gasteiger partial charge < -0.3 is 18.3 Å². The second-order valence-electron chi connectivity index (χ2n) is 26.9. The summed E-state index contributed by atoms with van der Waals surface area (Å²) in [4.78, 5) is 24.0. The number of para-hydroxylation sites is 8. The summed E-state index contributed by atoms with van der Waals surface area (Å²) in [5, 5.41) is 17.9. The van der Waals surface area contributed by atoms with Gasteiger partial charge in [0.25, 0.3) is 0 Å². The van der Waals surface area contributed by atoms with Crippen molar-refractivity contribution in [3.63, 3.8) is 0 Å². The number of rotatable bonds is 6. The maximum absolute atomic E-state index is 6.18. The van der Waals surface area contributed by atoms with E-state index in [9.17, 15) is 0 Å². The van der Waals surface area contributed by atoms with Crippen molar-refractivity contribution in [1.29, 1.82) is 0 Å². The lowest BCUT2D eigenvalue weighted by Crippen LogP contribution is -1.99. The Labute approximate surface area is 567 Å². The van der Waals surface area contributed by atoms with Gasteiger partial charge in [0.15, 0.2) is 0 Å². The highest BCUT2D eigenvalue weighted by molar-refractivity contribution is 6.40. The molecule has 0 fully saturated rings. The molecule has 0 aliphatic rings. The Bertz CT molecular complexity index is 7040. The molecule has 100 heavy (non-hydrogen) atoms. The normalized spacial score (nSPS) is 12.6. The molecule has 0 saturated heterocycles. The molecule has 0 amide bonds. The monoisotopic (exact) mass is 1270 g/mol. The molecule has 0 bridgehead atoms. The topological polar surface area (TPSA) is 80.1 Å². The fourth-order valence-electron chi connectivity index (χ4n) is 17.9. The number of hydrogen-bond acceptors (Lipinski definition) is 4. The van der Waals surface area contributed by atoms with Gasteiger partial charge in [-0.15, -0.1) is 0 Å². The highest BCUT2D eigenvalue weighted by Crippen LogP contribution is 2.53. The fraction of sp³-hybridized carbons (Fsp3) is 0. The molecule has 0 aliphatic carbocycles. The predicted molar refractivity (Wildman–Crippen MR) is 413 cm³/mol. The second-order valence-corrected chi connectivity index (χ2v) is 26.9. The summed E-state index contributed by atoms with van der Waals surface area (Å²) in [6.45, 7) is 0. The molecule has 11 heterocycles. The quantitative estimate of drug-likeness (QED) is 0.166. The molecule has 11 aromatic heterocycles. The van der Waals surface area contributed by atoms with Crippen LogP contribution in [0.2, 0.25) is 0 Å². The Morgan fingerprint density at radius 1 is 0.210 bits per heavy atom. The predicted octanol–water partition coefficient (Wildman–Crippen LogP) is 22.4. The molecule has 10 nitrogen and oxygen atoms in total. The maximum Gasteiger partial charge on any atom is 0.145 e. The summed E-state index contributed by atoms with van der Waals surface area (Å²) < 4.78 is 14.7. The third-order valence-electron chi connectivity index (χ3n) is 21.8. The van der Waals surface area contributed by atoms with E-state index in [4.69, 9.17) is 19.9 Å². The highest BCUT2D eigenvalue weighted by atomic mass is 15.1. The van der Waals surface area contributed by atoms with Gasteiger partial charge in [0.2, 0.25) is 0 Å². The maximum atomic E-state index is 6.18. The molecule has 13 aromatic carbocycles. The lowest BCUT2D eigenvalue weighted by atomic mass is 9.99. The molecule has 24 rings (SSSR count). The average Bonchev–Trinajstić information content (AvgIpc) is 1.49. The van der Waals surface area contributed by atoms with E-state index in [1.807, 2.05) is 0 Å². The van der Waals surface area contributed by atoms with Crippen LogP contribution in [0, 0.1) is 0 Å². The number of nitrogens with zero attached hydrogens (tertiary/aromatic N) is 10. The van der Waals surface area contributed by atoms with Crippen molar-refractivity contribution in [3.05, 3.63) is 304 Å². The van der Waals surface area contributed by atoms with Crippen molar-refractivity contribution >= 4 is 175 Å². The standard InChI is InChI=1S/C90H50N10/c1-3-23-51(24-4-1)81-82(52-25-5-2-6-26-52)94-84-80-70-46-54(96-73-37-17-9-29-59(73)60-30-10-18-38-74(60)96)44-66-68-48-56(98-77-41-21-13-33-63(77)64-34-14-22-42-78(64)98)50-92-90(68)100(86(66)70)88(80)87-79(83(84)93-81)69-45-53(95-71-35-15-7-27-57(71)58-28-8-16-36-72(58)95)43-65-67-47-55(49-91-89(67)99(87)85(65)69)97-75-39-19-11-31-61(75)62-32-12-20-40-76(62)97/h1-50H. The zero-order valence-corrected chi connectivity index (χ0v) is 53.3. The van der Waals surface area contributed by atoms with Gasteiger partial charge in [-0.25, -0.2) is 19.9 Å². The fourth-order valence-corrected chi connectivity index (χ4v) is 17.9. The van der Waals surface area contributed by atoms with Crippen LogP contribution in [0.1, 0.15) is 0 Å². The Balaban J connectivity index is 0.940. The van der Waals surface area contributed by atoms with Crippen LogP contribution < -0.4 is 0 Å². The summed E-state index contributed by atoms with van der Waals surface area (Å²) in [5.74, 6) is 0. The molecule has 460 valence electrons. The molecule has 0 unspecified atom stereocenters. The number of hydrogen-bond donors (Lipinski definition) is 0. The second kappa shape index (κ2) is 19.1. The Morgan fingerprint density at radius 2 is 0.460 bits per heavy atom.